The third-order valence-corrected chi connectivity index (χ3v) is 3.69. The van der Waals surface area contributed by atoms with E-state index < -0.39 is 14.6 Å². The third kappa shape index (κ3) is 15.7. The number of nitrogens with one attached hydrogen (secondary N) is 1. The summed E-state index contributed by atoms with van der Waals surface area (Å²) in [7, 11) is -4.57. The monoisotopic (exact) mass is 386 g/mol. The lowest BCUT2D eigenvalue weighted by atomic mass is 10.0. The average Bonchev–Trinajstić information content (AvgIpc) is 2.53. The van der Waals surface area contributed by atoms with Gasteiger partial charge in [0.25, 0.3) is 0 Å². The number of allylic oxidation sites excluding steroid dienone is 5. The second-order valence-electron chi connectivity index (χ2n) is 5.53. The molecule has 0 unspecified atom stereocenters. The maximum absolute atomic E-state index is 11.6. The molecule has 0 spiro atoms. The summed E-state index contributed by atoms with van der Waals surface area (Å²) in [4.78, 5) is 42.1. The molecule has 0 aromatic carbocycles. The summed E-state index contributed by atoms with van der Waals surface area (Å²) in [6, 6.07) is 0. The minimum absolute atomic E-state index is 0.218. The van der Waals surface area contributed by atoms with Crippen molar-refractivity contribution in [1.82, 2.24) is 5.32 Å². The second kappa shape index (κ2) is 14.4. The molecule has 1 amide bonds. The average molecular weight is 386 g/mol. The molecule has 0 aliphatic carbocycles. The van der Waals surface area contributed by atoms with Crippen LogP contribution in [0, 0.1) is 0 Å². The number of hydrogen-bond donors (Lipinski definition) is 3. The lowest BCUT2D eigenvalue weighted by Crippen LogP contribution is -2.25. The molecule has 0 saturated carbocycles. The number of phosphoric acid groups is 1. The molecular formula is C17H27N2O6P. The van der Waals surface area contributed by atoms with E-state index in [9.17, 15) is 14.2 Å². The van der Waals surface area contributed by atoms with Crippen LogP contribution in [0.15, 0.2) is 40.9 Å². The van der Waals surface area contributed by atoms with Gasteiger partial charge in [-0.05, 0) is 44.6 Å². The zero-order valence-corrected chi connectivity index (χ0v) is 15.9. The fraction of sp³-hybridized carbons (Fsp3) is 0.529. The minimum Gasteiger partial charge on any atom is -0.333 e. The fourth-order valence-corrected chi connectivity index (χ4v) is 2.31. The minimum atomic E-state index is -4.57. The van der Waals surface area contributed by atoms with E-state index in [2.05, 4.69) is 21.4 Å². The van der Waals surface area contributed by atoms with Crippen molar-refractivity contribution < 1.29 is 28.5 Å². The molecule has 9 heteroatoms. The summed E-state index contributed by atoms with van der Waals surface area (Å²) < 4.78 is 14.6. The van der Waals surface area contributed by atoms with Crippen molar-refractivity contribution in [3.05, 3.63) is 36.0 Å². The van der Waals surface area contributed by atoms with Gasteiger partial charge in [0.05, 0.1) is 6.54 Å². The predicted molar refractivity (Wildman–Crippen MR) is 98.9 cm³/mol. The highest BCUT2D eigenvalue weighted by Crippen LogP contribution is 2.34. The molecule has 146 valence electrons. The number of unbranched alkanes of at least 4 members (excludes halogenated alkanes) is 1. The summed E-state index contributed by atoms with van der Waals surface area (Å²) in [5.74, 6) is -0.340. The Labute approximate surface area is 154 Å². The Morgan fingerprint density at radius 2 is 2.00 bits per heavy atom. The first-order valence-electron chi connectivity index (χ1n) is 8.30. The van der Waals surface area contributed by atoms with Crippen molar-refractivity contribution in [1.29, 1.82) is 0 Å². The van der Waals surface area contributed by atoms with Crippen molar-refractivity contribution in [2.45, 2.75) is 45.4 Å². The summed E-state index contributed by atoms with van der Waals surface area (Å²) >= 11 is 0. The van der Waals surface area contributed by atoms with Crippen LogP contribution in [-0.2, 0) is 18.7 Å². The smallest absolute Gasteiger partial charge is 0.333 e. The van der Waals surface area contributed by atoms with E-state index in [0.29, 0.717) is 19.4 Å². The first-order valence-corrected chi connectivity index (χ1v) is 9.83. The van der Waals surface area contributed by atoms with E-state index in [1.165, 1.54) is 6.08 Å². The van der Waals surface area contributed by atoms with Crippen molar-refractivity contribution >= 4 is 19.8 Å². The molecule has 26 heavy (non-hydrogen) atoms. The molecule has 8 nitrogen and oxygen atoms in total. The summed E-state index contributed by atoms with van der Waals surface area (Å²) in [5.41, 5.74) is 2.01. The number of carbonyl (C=O) groups is 1. The van der Waals surface area contributed by atoms with Crippen LogP contribution in [0.25, 0.3) is 0 Å². The van der Waals surface area contributed by atoms with Gasteiger partial charge in [-0.2, -0.15) is 0 Å². The SMILES string of the molecule is C=C(/C=C(\C=C/C)CCCC(=O)NCOP(=O)(O)O)CCCCN=C=O. The van der Waals surface area contributed by atoms with Gasteiger partial charge in [-0.3, -0.25) is 9.32 Å². The molecule has 0 aliphatic heterocycles. The number of rotatable bonds is 14. The lowest BCUT2D eigenvalue weighted by molar-refractivity contribution is -0.122. The van der Waals surface area contributed by atoms with Crippen LogP contribution >= 0.6 is 7.82 Å². The molecule has 0 bridgehead atoms. The van der Waals surface area contributed by atoms with Crippen molar-refractivity contribution in [2.75, 3.05) is 13.3 Å². The number of aliphatic imine (C=N–C) groups is 1. The van der Waals surface area contributed by atoms with Crippen molar-refractivity contribution in [2.24, 2.45) is 4.99 Å². The van der Waals surface area contributed by atoms with E-state index in [-0.39, 0.29) is 12.3 Å². The third-order valence-electron chi connectivity index (χ3n) is 3.22. The van der Waals surface area contributed by atoms with Gasteiger partial charge in [-0.25, -0.2) is 14.4 Å². The van der Waals surface area contributed by atoms with Crippen LogP contribution in [0.3, 0.4) is 0 Å². The zero-order valence-electron chi connectivity index (χ0n) is 15.0. The largest absolute Gasteiger partial charge is 0.471 e. The lowest BCUT2D eigenvalue weighted by Gasteiger charge is -2.08. The molecule has 0 aliphatic rings. The highest BCUT2D eigenvalue weighted by molar-refractivity contribution is 7.46. The number of phosphoric ester groups is 1. The Hall–Kier alpha value is -1.82. The van der Waals surface area contributed by atoms with E-state index in [1.807, 2.05) is 25.2 Å². The molecule has 3 N–H and O–H groups in total. The molecule has 0 saturated heterocycles. The Bertz CT molecular complexity index is 602. The molecule has 0 heterocycles. The Morgan fingerprint density at radius 3 is 2.62 bits per heavy atom. The number of carbonyl (C=O) groups excluding carboxylic acids is 2. The topological polar surface area (TPSA) is 125 Å². The Kier molecular flexibility index (Phi) is 13.4. The van der Waals surface area contributed by atoms with Crippen molar-refractivity contribution in [3.8, 4) is 0 Å². The molecular weight excluding hydrogens is 359 g/mol. The van der Waals surface area contributed by atoms with Gasteiger partial charge in [-0.15, -0.1) is 0 Å². The van der Waals surface area contributed by atoms with Gasteiger partial charge in [0.15, 0.2) is 0 Å². The van der Waals surface area contributed by atoms with Crippen LogP contribution in [0.1, 0.15) is 45.4 Å². The van der Waals surface area contributed by atoms with Crippen LogP contribution in [0.5, 0.6) is 0 Å². The molecule has 0 fully saturated rings. The summed E-state index contributed by atoms with van der Waals surface area (Å²) in [6.45, 7) is 5.87. The first kappa shape index (κ1) is 24.2. The number of amides is 1. The standard InChI is InChI=1S/C17H27N2O6P/c1-3-7-16(12-15(2)8-4-5-11-18-13-20)9-6-10-17(21)19-14-25-26(22,23)24/h3,7,12H,2,4-6,8-11,14H2,1H3,(H,19,21)(H2,22,23,24)/b7-3-,16-12+. The second-order valence-corrected chi connectivity index (χ2v) is 6.76. The fourth-order valence-electron chi connectivity index (χ4n) is 2.08. The molecule has 0 aromatic heterocycles. The van der Waals surface area contributed by atoms with E-state index in [4.69, 9.17) is 9.79 Å². The molecule has 0 radical (unpaired) electrons. The van der Waals surface area contributed by atoms with E-state index in [0.717, 1.165) is 30.4 Å². The summed E-state index contributed by atoms with van der Waals surface area (Å²) in [5, 5.41) is 2.29. The molecule has 0 atom stereocenters. The normalized spacial score (nSPS) is 12.0. The zero-order chi connectivity index (χ0) is 19.8. The van der Waals surface area contributed by atoms with Crippen LogP contribution in [0.4, 0.5) is 0 Å². The van der Waals surface area contributed by atoms with Crippen LogP contribution in [0.2, 0.25) is 0 Å². The van der Waals surface area contributed by atoms with Gasteiger partial charge < -0.3 is 15.1 Å². The van der Waals surface area contributed by atoms with E-state index in [1.54, 1.807) is 0 Å². The highest BCUT2D eigenvalue weighted by atomic mass is 31.2. The van der Waals surface area contributed by atoms with Gasteiger partial charge in [0, 0.05) is 6.42 Å². The van der Waals surface area contributed by atoms with Gasteiger partial charge in [-0.1, -0.05) is 30.4 Å². The van der Waals surface area contributed by atoms with Gasteiger partial charge in [0.2, 0.25) is 12.0 Å². The predicted octanol–water partition coefficient (Wildman–Crippen LogP) is 2.90. The van der Waals surface area contributed by atoms with Crippen molar-refractivity contribution in [3.63, 3.8) is 0 Å². The van der Waals surface area contributed by atoms with E-state index >= 15 is 0 Å². The van der Waals surface area contributed by atoms with Gasteiger partial charge >= 0.3 is 7.82 Å². The Morgan fingerprint density at radius 1 is 1.27 bits per heavy atom. The van der Waals surface area contributed by atoms with Gasteiger partial charge in [0.1, 0.15) is 6.73 Å². The quantitative estimate of drug-likeness (QED) is 0.105. The molecule has 0 aromatic rings. The van der Waals surface area contributed by atoms with Crippen LogP contribution in [-0.4, -0.2) is 35.0 Å². The number of isocyanates is 1. The van der Waals surface area contributed by atoms with Crippen LogP contribution < -0.4 is 5.32 Å². The number of nitrogens with zero attached hydrogens (tertiary/aromatic N) is 1. The Balaban J connectivity index is 4.21. The maximum Gasteiger partial charge on any atom is 0.471 e. The first-order chi connectivity index (χ1) is 12.3. The molecule has 0 rings (SSSR count). The number of hydrogen-bond acceptors (Lipinski definition) is 5. The maximum atomic E-state index is 11.6. The highest BCUT2D eigenvalue weighted by Gasteiger charge is 2.13. The summed E-state index contributed by atoms with van der Waals surface area (Å²) in [6.07, 6.45) is 11.3.